The molecule has 6 nitrogen and oxygen atoms in total. The highest BCUT2D eigenvalue weighted by Gasteiger charge is 2.30. The lowest BCUT2D eigenvalue weighted by atomic mass is 10.2. The van der Waals surface area contributed by atoms with Crippen LogP contribution in [0.1, 0.15) is 12.5 Å². The maximum absolute atomic E-state index is 12.8. The molecule has 0 heterocycles. The van der Waals surface area contributed by atoms with E-state index in [1.54, 1.807) is 43.3 Å². The van der Waals surface area contributed by atoms with E-state index in [0.29, 0.717) is 5.69 Å². The number of halogens is 3. The lowest BCUT2D eigenvalue weighted by molar-refractivity contribution is -0.138. The second-order valence-corrected chi connectivity index (χ2v) is 6.93. The zero-order valence-corrected chi connectivity index (χ0v) is 17.1. The molecule has 0 saturated carbocycles. The van der Waals surface area contributed by atoms with Gasteiger partial charge in [0.1, 0.15) is 6.07 Å². The molecule has 2 rings (SSSR count). The van der Waals surface area contributed by atoms with Crippen LogP contribution in [0.15, 0.2) is 65.2 Å². The van der Waals surface area contributed by atoms with Crippen LogP contribution in [-0.2, 0) is 20.5 Å². The van der Waals surface area contributed by atoms with Crippen molar-refractivity contribution in [3.05, 3.63) is 70.8 Å². The van der Waals surface area contributed by atoms with E-state index in [0.717, 1.165) is 23.9 Å². The Hall–Kier alpha value is -3.45. The van der Waals surface area contributed by atoms with Gasteiger partial charge in [0.05, 0.1) is 23.0 Å². The minimum atomic E-state index is -4.54. The molecule has 0 bridgehead atoms. The number of rotatable bonds is 8. The van der Waals surface area contributed by atoms with Crippen LogP contribution in [0.25, 0.3) is 0 Å². The third kappa shape index (κ3) is 7.38. The molecule has 0 aliphatic heterocycles. The molecule has 0 atom stereocenters. The van der Waals surface area contributed by atoms with Gasteiger partial charge in [0.25, 0.3) is 0 Å². The lowest BCUT2D eigenvalue weighted by Crippen LogP contribution is -2.17. The number of carbonyl (C=O) groups is 2. The van der Waals surface area contributed by atoms with Crippen molar-refractivity contribution in [2.75, 3.05) is 23.0 Å². The summed E-state index contributed by atoms with van der Waals surface area (Å²) in [5.74, 6) is -1.73. The van der Waals surface area contributed by atoms with Gasteiger partial charge >= 0.3 is 12.1 Å². The van der Waals surface area contributed by atoms with E-state index in [1.165, 1.54) is 12.1 Å². The summed E-state index contributed by atoms with van der Waals surface area (Å²) >= 11 is 0.851. The van der Waals surface area contributed by atoms with Crippen LogP contribution >= 0.6 is 11.8 Å². The fourth-order valence-electron chi connectivity index (χ4n) is 2.32. The van der Waals surface area contributed by atoms with Gasteiger partial charge < -0.3 is 15.4 Å². The van der Waals surface area contributed by atoms with Crippen molar-refractivity contribution in [2.45, 2.75) is 13.1 Å². The Morgan fingerprint density at radius 2 is 1.74 bits per heavy atom. The Morgan fingerprint density at radius 1 is 1.06 bits per heavy atom. The van der Waals surface area contributed by atoms with E-state index >= 15 is 0 Å². The van der Waals surface area contributed by atoms with Crippen LogP contribution < -0.4 is 10.6 Å². The number of nitrogens with one attached hydrogen (secondary N) is 2. The molecular weight excluding hydrogens is 431 g/mol. The Bertz CT molecular complexity index is 1000. The van der Waals surface area contributed by atoms with Crippen LogP contribution in [-0.4, -0.2) is 24.2 Å². The normalized spacial score (nSPS) is 11.7. The smallest absolute Gasteiger partial charge is 0.416 e. The number of para-hydroxylation sites is 1. The number of hydrogen-bond acceptors (Lipinski definition) is 6. The first-order chi connectivity index (χ1) is 14.7. The Labute approximate surface area is 181 Å². The molecule has 0 radical (unpaired) electrons. The van der Waals surface area contributed by atoms with E-state index < -0.39 is 23.6 Å². The van der Waals surface area contributed by atoms with E-state index in [-0.39, 0.29) is 28.6 Å². The van der Waals surface area contributed by atoms with E-state index in [4.69, 9.17) is 4.74 Å². The quantitative estimate of drug-likeness (QED) is 0.342. The minimum absolute atomic E-state index is 0.0205. The summed E-state index contributed by atoms with van der Waals surface area (Å²) in [5.41, 5.74) is -0.658. The predicted octanol–water partition coefficient (Wildman–Crippen LogP) is 4.79. The first kappa shape index (κ1) is 23.8. The highest BCUT2D eigenvalue weighted by atomic mass is 32.2. The maximum atomic E-state index is 12.8. The molecule has 0 aliphatic rings. The summed E-state index contributed by atoms with van der Waals surface area (Å²) < 4.78 is 43.4. The molecule has 0 fully saturated rings. The first-order valence-corrected chi connectivity index (χ1v) is 9.96. The molecule has 0 spiro atoms. The van der Waals surface area contributed by atoms with Gasteiger partial charge in [-0.2, -0.15) is 18.4 Å². The van der Waals surface area contributed by atoms with E-state index in [2.05, 4.69) is 10.6 Å². The Kier molecular flexibility index (Phi) is 8.52. The number of carbonyl (C=O) groups excluding carboxylic acids is 2. The van der Waals surface area contributed by atoms with E-state index in [9.17, 15) is 28.0 Å². The highest BCUT2D eigenvalue weighted by Crippen LogP contribution is 2.31. The van der Waals surface area contributed by atoms with Crippen LogP contribution in [0.2, 0.25) is 0 Å². The van der Waals surface area contributed by atoms with Crippen molar-refractivity contribution in [1.82, 2.24) is 0 Å². The van der Waals surface area contributed by atoms with Gasteiger partial charge in [-0.1, -0.05) is 36.0 Å². The summed E-state index contributed by atoms with van der Waals surface area (Å²) in [6, 6.07) is 14.6. The van der Waals surface area contributed by atoms with Crippen molar-refractivity contribution < 1.29 is 27.5 Å². The summed E-state index contributed by atoms with van der Waals surface area (Å²) in [5, 5.41) is 14.8. The number of alkyl halides is 3. The monoisotopic (exact) mass is 449 g/mol. The molecule has 0 unspecified atom stereocenters. The molecule has 1 amide bonds. The number of esters is 1. The number of ether oxygens (including phenoxy) is 1. The number of benzene rings is 2. The van der Waals surface area contributed by atoms with Crippen molar-refractivity contribution in [3.63, 3.8) is 0 Å². The van der Waals surface area contributed by atoms with Gasteiger partial charge in [0.2, 0.25) is 5.91 Å². The third-order valence-electron chi connectivity index (χ3n) is 3.67. The lowest BCUT2D eigenvalue weighted by Gasteiger charge is -2.13. The summed E-state index contributed by atoms with van der Waals surface area (Å²) in [4.78, 5) is 24.4. The highest BCUT2D eigenvalue weighted by molar-refractivity contribution is 8.03. The first-order valence-electron chi connectivity index (χ1n) is 8.98. The largest absolute Gasteiger partial charge is 0.462 e. The van der Waals surface area contributed by atoms with Crippen molar-refractivity contribution in [3.8, 4) is 6.07 Å². The molecular formula is C21H18F3N3O3S. The number of amides is 1. The Balaban J connectivity index is 2.17. The summed E-state index contributed by atoms with van der Waals surface area (Å²) in [6.45, 7) is 1.65. The number of hydrogen-bond donors (Lipinski definition) is 2. The van der Waals surface area contributed by atoms with Crippen molar-refractivity contribution in [1.29, 1.82) is 5.26 Å². The second kappa shape index (κ2) is 11.1. The van der Waals surface area contributed by atoms with Gasteiger partial charge in [-0.05, 0) is 37.3 Å². The standard InChI is InChI=1S/C21H18F3N3O3S/c1-2-30-20(29)17(12-25)19(27-15-8-4-3-5-9-15)31-13-18(28)26-16-10-6-7-14(11-16)21(22,23)24/h3-11,27H,2,13H2,1H3,(H,26,28)/b19-17-. The van der Waals surface area contributed by atoms with Crippen LogP contribution in [0.3, 0.4) is 0 Å². The summed E-state index contributed by atoms with van der Waals surface area (Å²) in [6.07, 6.45) is -4.54. The van der Waals surface area contributed by atoms with Crippen molar-refractivity contribution >= 4 is 35.0 Å². The van der Waals surface area contributed by atoms with Gasteiger partial charge in [-0.3, -0.25) is 4.79 Å². The van der Waals surface area contributed by atoms with E-state index in [1.807, 2.05) is 0 Å². The van der Waals surface area contributed by atoms with Gasteiger partial charge in [-0.15, -0.1) is 0 Å². The molecule has 2 aromatic carbocycles. The zero-order chi connectivity index (χ0) is 22.9. The molecule has 2 N–H and O–H groups in total. The van der Waals surface area contributed by atoms with Gasteiger partial charge in [0.15, 0.2) is 5.57 Å². The van der Waals surface area contributed by atoms with Crippen LogP contribution in [0.5, 0.6) is 0 Å². The maximum Gasteiger partial charge on any atom is 0.416 e. The molecule has 2 aromatic rings. The number of nitrogens with zero attached hydrogens (tertiary/aromatic N) is 1. The number of anilines is 2. The van der Waals surface area contributed by atoms with Crippen LogP contribution in [0, 0.1) is 11.3 Å². The fourth-order valence-corrected chi connectivity index (χ4v) is 3.13. The average Bonchev–Trinajstić information content (AvgIpc) is 2.73. The zero-order valence-electron chi connectivity index (χ0n) is 16.3. The van der Waals surface area contributed by atoms with Crippen LogP contribution in [0.4, 0.5) is 24.5 Å². The molecule has 31 heavy (non-hydrogen) atoms. The summed E-state index contributed by atoms with van der Waals surface area (Å²) in [7, 11) is 0. The minimum Gasteiger partial charge on any atom is -0.462 e. The Morgan fingerprint density at radius 3 is 2.35 bits per heavy atom. The second-order valence-electron chi connectivity index (χ2n) is 5.94. The van der Waals surface area contributed by atoms with Gasteiger partial charge in [-0.25, -0.2) is 4.79 Å². The average molecular weight is 449 g/mol. The molecule has 0 saturated heterocycles. The molecule has 10 heteroatoms. The third-order valence-corrected chi connectivity index (χ3v) is 4.67. The fraction of sp³-hybridized carbons (Fsp3) is 0.190. The molecule has 162 valence electrons. The molecule has 0 aromatic heterocycles. The molecule has 0 aliphatic carbocycles. The predicted molar refractivity (Wildman–Crippen MR) is 112 cm³/mol. The topological polar surface area (TPSA) is 91.2 Å². The number of nitriles is 1. The SMILES string of the molecule is CCOC(=O)/C(C#N)=C(/Nc1ccccc1)SCC(=O)Nc1cccc(C(F)(F)F)c1. The van der Waals surface area contributed by atoms with Gasteiger partial charge in [0, 0.05) is 11.4 Å². The number of thioether (sulfide) groups is 1. The van der Waals surface area contributed by atoms with Crippen molar-refractivity contribution in [2.24, 2.45) is 0 Å².